The van der Waals surface area contributed by atoms with Crippen LogP contribution in [0.1, 0.15) is 33.3 Å². The molecular formula is C16H25FN2O. The van der Waals surface area contributed by atoms with Crippen LogP contribution in [0.2, 0.25) is 0 Å². The molecule has 3 nitrogen and oxygen atoms in total. The van der Waals surface area contributed by atoms with Crippen LogP contribution in [0.4, 0.5) is 4.39 Å². The predicted molar refractivity (Wildman–Crippen MR) is 79.9 cm³/mol. The Morgan fingerprint density at radius 1 is 1.30 bits per heavy atom. The van der Waals surface area contributed by atoms with Crippen molar-refractivity contribution in [1.29, 1.82) is 0 Å². The Morgan fingerprint density at radius 3 is 2.40 bits per heavy atom. The molecule has 1 aromatic rings. The summed E-state index contributed by atoms with van der Waals surface area (Å²) in [6.07, 6.45) is 0. The second-order valence-corrected chi connectivity index (χ2v) is 6.66. The number of halogens is 1. The third-order valence-corrected chi connectivity index (χ3v) is 3.65. The van der Waals surface area contributed by atoms with Crippen molar-refractivity contribution in [1.82, 2.24) is 4.90 Å². The van der Waals surface area contributed by atoms with Crippen molar-refractivity contribution in [2.45, 2.75) is 33.1 Å². The molecule has 0 aliphatic rings. The maximum atomic E-state index is 13.3. The minimum absolute atomic E-state index is 0.0374. The summed E-state index contributed by atoms with van der Waals surface area (Å²) in [7, 11) is 1.76. The molecule has 0 unspecified atom stereocenters. The molecule has 20 heavy (non-hydrogen) atoms. The van der Waals surface area contributed by atoms with E-state index in [0.29, 0.717) is 18.7 Å². The number of likely N-dealkylation sites (N-methyl/N-ethyl adjacent to an activating group) is 1. The average Bonchev–Trinajstić information content (AvgIpc) is 2.37. The minimum Gasteiger partial charge on any atom is -0.344 e. The van der Waals surface area contributed by atoms with Crippen LogP contribution in [-0.2, 0) is 10.2 Å². The van der Waals surface area contributed by atoms with Crippen LogP contribution in [0.15, 0.2) is 24.3 Å². The van der Waals surface area contributed by atoms with E-state index in [1.807, 2.05) is 27.7 Å². The average molecular weight is 280 g/mol. The Bertz CT molecular complexity index is 483. The smallest absolute Gasteiger partial charge is 0.232 e. The zero-order chi connectivity index (χ0) is 15.6. The highest BCUT2D eigenvalue weighted by molar-refractivity contribution is 5.87. The van der Waals surface area contributed by atoms with Crippen LogP contribution in [0, 0.1) is 11.2 Å². The third kappa shape index (κ3) is 3.79. The summed E-state index contributed by atoms with van der Waals surface area (Å²) < 4.78 is 13.3. The fourth-order valence-corrected chi connectivity index (χ4v) is 2.26. The molecule has 0 aromatic heterocycles. The van der Waals surface area contributed by atoms with Crippen molar-refractivity contribution in [2.75, 3.05) is 20.1 Å². The topological polar surface area (TPSA) is 46.3 Å². The molecule has 0 saturated heterocycles. The van der Waals surface area contributed by atoms with Gasteiger partial charge in [0.2, 0.25) is 5.91 Å². The monoisotopic (exact) mass is 280 g/mol. The molecule has 0 fully saturated rings. The molecule has 0 aliphatic heterocycles. The first-order valence-corrected chi connectivity index (χ1v) is 6.82. The van der Waals surface area contributed by atoms with Crippen LogP contribution in [0.3, 0.4) is 0 Å². The number of hydrogen-bond acceptors (Lipinski definition) is 2. The van der Waals surface area contributed by atoms with Gasteiger partial charge >= 0.3 is 0 Å². The van der Waals surface area contributed by atoms with Crippen molar-refractivity contribution in [3.8, 4) is 0 Å². The van der Waals surface area contributed by atoms with Gasteiger partial charge in [-0.25, -0.2) is 4.39 Å². The Hall–Kier alpha value is -1.42. The molecule has 1 rings (SSSR count). The molecule has 0 saturated carbocycles. The summed E-state index contributed by atoms with van der Waals surface area (Å²) in [5, 5.41) is 0. The maximum Gasteiger partial charge on any atom is 0.232 e. The van der Waals surface area contributed by atoms with E-state index in [1.165, 1.54) is 12.1 Å². The van der Waals surface area contributed by atoms with Crippen LogP contribution in [0.25, 0.3) is 0 Å². The van der Waals surface area contributed by atoms with Gasteiger partial charge in [-0.2, -0.15) is 0 Å². The van der Waals surface area contributed by atoms with Crippen LogP contribution >= 0.6 is 0 Å². The molecule has 112 valence electrons. The first-order chi connectivity index (χ1) is 9.10. The van der Waals surface area contributed by atoms with Gasteiger partial charge in [0.05, 0.1) is 5.41 Å². The number of carbonyl (C=O) groups is 1. The number of hydrogen-bond donors (Lipinski definition) is 1. The highest BCUT2D eigenvalue weighted by Crippen LogP contribution is 2.27. The second-order valence-electron chi connectivity index (χ2n) is 6.66. The number of nitrogens with zero attached hydrogens (tertiary/aromatic N) is 1. The molecule has 1 aromatic carbocycles. The molecule has 0 atom stereocenters. The standard InChI is InChI=1S/C16H25FN2O/c1-15(2,10-18)11-19(5)14(20)16(3,4)12-7-6-8-13(17)9-12/h6-9H,10-11,18H2,1-5H3. The van der Waals surface area contributed by atoms with Gasteiger partial charge in [-0.3, -0.25) is 4.79 Å². The van der Waals surface area contributed by atoms with E-state index in [2.05, 4.69) is 0 Å². The Morgan fingerprint density at radius 2 is 1.90 bits per heavy atom. The number of rotatable bonds is 5. The van der Waals surface area contributed by atoms with Gasteiger partial charge in [-0.15, -0.1) is 0 Å². The minimum atomic E-state index is -0.762. The van der Waals surface area contributed by atoms with Crippen molar-refractivity contribution in [3.05, 3.63) is 35.6 Å². The fraction of sp³-hybridized carbons (Fsp3) is 0.562. The molecule has 1 amide bonds. The van der Waals surface area contributed by atoms with Crippen LogP contribution in [-0.4, -0.2) is 30.9 Å². The first-order valence-electron chi connectivity index (χ1n) is 6.82. The van der Waals surface area contributed by atoms with Crippen molar-refractivity contribution < 1.29 is 9.18 Å². The quantitative estimate of drug-likeness (QED) is 0.901. The lowest BCUT2D eigenvalue weighted by Crippen LogP contribution is -2.46. The van der Waals surface area contributed by atoms with Crippen molar-refractivity contribution >= 4 is 5.91 Å². The lowest BCUT2D eigenvalue weighted by atomic mass is 9.82. The van der Waals surface area contributed by atoms with Gasteiger partial charge in [0.1, 0.15) is 5.82 Å². The Kier molecular flexibility index (Phi) is 4.92. The van der Waals surface area contributed by atoms with E-state index in [-0.39, 0.29) is 17.1 Å². The highest BCUT2D eigenvalue weighted by Gasteiger charge is 2.34. The molecular weight excluding hydrogens is 255 g/mol. The van der Waals surface area contributed by atoms with Gasteiger partial charge in [0, 0.05) is 13.6 Å². The van der Waals surface area contributed by atoms with Crippen LogP contribution in [0.5, 0.6) is 0 Å². The largest absolute Gasteiger partial charge is 0.344 e. The van der Waals surface area contributed by atoms with E-state index < -0.39 is 5.41 Å². The lowest BCUT2D eigenvalue weighted by molar-refractivity contribution is -0.136. The van der Waals surface area contributed by atoms with Gasteiger partial charge in [0.25, 0.3) is 0 Å². The molecule has 0 aliphatic carbocycles. The molecule has 2 N–H and O–H groups in total. The summed E-state index contributed by atoms with van der Waals surface area (Å²) in [6.45, 7) is 8.75. The zero-order valence-corrected chi connectivity index (χ0v) is 13.0. The Labute approximate surface area is 121 Å². The summed E-state index contributed by atoms with van der Waals surface area (Å²) in [5.74, 6) is -0.363. The van der Waals surface area contributed by atoms with Crippen LogP contribution < -0.4 is 5.73 Å². The van der Waals surface area contributed by atoms with Crippen molar-refractivity contribution in [2.24, 2.45) is 11.1 Å². The number of benzene rings is 1. The van der Waals surface area contributed by atoms with E-state index in [0.717, 1.165) is 0 Å². The first kappa shape index (κ1) is 16.6. The van der Waals surface area contributed by atoms with Crippen molar-refractivity contribution in [3.63, 3.8) is 0 Å². The molecule has 0 heterocycles. The molecule has 0 bridgehead atoms. The van der Waals surface area contributed by atoms with E-state index in [1.54, 1.807) is 24.1 Å². The lowest BCUT2D eigenvalue weighted by Gasteiger charge is -2.34. The van der Waals surface area contributed by atoms with Gasteiger partial charge in [0.15, 0.2) is 0 Å². The number of amides is 1. The molecule has 0 spiro atoms. The number of nitrogens with two attached hydrogens (primary N) is 1. The predicted octanol–water partition coefficient (Wildman–Crippen LogP) is 2.55. The highest BCUT2D eigenvalue weighted by atomic mass is 19.1. The second kappa shape index (κ2) is 5.92. The van der Waals surface area contributed by atoms with Gasteiger partial charge < -0.3 is 10.6 Å². The summed E-state index contributed by atoms with van der Waals surface area (Å²) in [4.78, 5) is 14.3. The fourth-order valence-electron chi connectivity index (χ4n) is 2.26. The molecule has 0 radical (unpaired) electrons. The van der Waals surface area contributed by atoms with E-state index >= 15 is 0 Å². The maximum absolute atomic E-state index is 13.3. The van der Waals surface area contributed by atoms with Gasteiger partial charge in [-0.05, 0) is 43.5 Å². The summed E-state index contributed by atoms with van der Waals surface area (Å²) >= 11 is 0. The molecule has 4 heteroatoms. The Balaban J connectivity index is 2.94. The zero-order valence-electron chi connectivity index (χ0n) is 13.0. The SMILES string of the molecule is CN(CC(C)(C)CN)C(=O)C(C)(C)c1cccc(F)c1. The summed E-state index contributed by atoms with van der Waals surface area (Å²) in [6, 6.07) is 6.21. The normalized spacial score (nSPS) is 12.3. The van der Waals surface area contributed by atoms with E-state index in [9.17, 15) is 9.18 Å². The summed E-state index contributed by atoms with van der Waals surface area (Å²) in [5.41, 5.74) is 5.49. The number of carbonyl (C=O) groups excluding carboxylic acids is 1. The van der Waals surface area contributed by atoms with E-state index in [4.69, 9.17) is 5.73 Å². The van der Waals surface area contributed by atoms with Gasteiger partial charge in [-0.1, -0.05) is 26.0 Å². The third-order valence-electron chi connectivity index (χ3n) is 3.65.